The summed E-state index contributed by atoms with van der Waals surface area (Å²) >= 11 is 5.11. The molecular formula is C23H27N3O4S. The largest absolute Gasteiger partial charge is 0.466 e. The fourth-order valence-electron chi connectivity index (χ4n) is 2.71. The first-order chi connectivity index (χ1) is 15.0. The summed E-state index contributed by atoms with van der Waals surface area (Å²) in [4.78, 5) is 35.5. The van der Waals surface area contributed by atoms with E-state index in [4.69, 9.17) is 17.0 Å². The van der Waals surface area contributed by atoms with Crippen LogP contribution in [-0.4, -0.2) is 36.0 Å². The van der Waals surface area contributed by atoms with Crippen molar-refractivity contribution in [3.05, 3.63) is 65.7 Å². The fourth-order valence-corrected chi connectivity index (χ4v) is 2.95. The van der Waals surface area contributed by atoms with Crippen molar-refractivity contribution in [3.63, 3.8) is 0 Å². The van der Waals surface area contributed by atoms with Gasteiger partial charge in [-0.2, -0.15) is 0 Å². The molecule has 7 nitrogen and oxygen atoms in total. The molecule has 8 heteroatoms. The van der Waals surface area contributed by atoms with Crippen molar-refractivity contribution in [1.82, 2.24) is 10.6 Å². The Kier molecular flexibility index (Phi) is 10.2. The molecule has 0 bridgehead atoms. The fraction of sp³-hybridized carbons (Fsp3) is 0.304. The Balaban J connectivity index is 1.62. The molecule has 0 aliphatic heterocycles. The average molecular weight is 442 g/mol. The van der Waals surface area contributed by atoms with Gasteiger partial charge in [0.2, 0.25) is 5.91 Å². The summed E-state index contributed by atoms with van der Waals surface area (Å²) in [5.74, 6) is -0.947. The number of esters is 1. The summed E-state index contributed by atoms with van der Waals surface area (Å²) in [7, 11) is 0. The van der Waals surface area contributed by atoms with Gasteiger partial charge in [-0.05, 0) is 61.8 Å². The maximum absolute atomic E-state index is 12.0. The quantitative estimate of drug-likeness (QED) is 0.298. The predicted octanol–water partition coefficient (Wildman–Crippen LogP) is 3.21. The monoisotopic (exact) mass is 441 g/mol. The molecule has 0 unspecified atom stereocenters. The van der Waals surface area contributed by atoms with Crippen LogP contribution in [0.2, 0.25) is 0 Å². The smallest absolute Gasteiger partial charge is 0.306 e. The van der Waals surface area contributed by atoms with Gasteiger partial charge in [0.1, 0.15) is 0 Å². The lowest BCUT2D eigenvalue weighted by Gasteiger charge is -2.10. The number of nitrogens with one attached hydrogen (secondary N) is 3. The number of amides is 2. The standard InChI is InChI=1S/C23H27N3O4S/c1-2-24-22(29)18-10-12-19(13-11-18)25-23(31)26-20(27)14-15-21(28)30-16-6-9-17-7-4-3-5-8-17/h3-5,7-8,10-13H,2,6,9,14-16H2,1H3,(H,24,29)(H2,25,26,27,31). The molecule has 3 N–H and O–H groups in total. The van der Waals surface area contributed by atoms with E-state index in [1.54, 1.807) is 24.3 Å². The van der Waals surface area contributed by atoms with Crippen LogP contribution in [0.15, 0.2) is 54.6 Å². The van der Waals surface area contributed by atoms with E-state index in [9.17, 15) is 14.4 Å². The second kappa shape index (κ2) is 13.1. The third-order valence-corrected chi connectivity index (χ3v) is 4.47. The van der Waals surface area contributed by atoms with E-state index < -0.39 is 5.97 Å². The first-order valence-corrected chi connectivity index (χ1v) is 10.6. The second-order valence-corrected chi connectivity index (χ2v) is 7.16. The highest BCUT2D eigenvalue weighted by molar-refractivity contribution is 7.80. The molecule has 2 aromatic carbocycles. The Hall–Kier alpha value is -3.26. The number of anilines is 1. The predicted molar refractivity (Wildman–Crippen MR) is 124 cm³/mol. The van der Waals surface area contributed by atoms with Crippen LogP contribution < -0.4 is 16.0 Å². The lowest BCUT2D eigenvalue weighted by molar-refractivity contribution is -0.145. The molecule has 2 rings (SSSR count). The van der Waals surface area contributed by atoms with Gasteiger partial charge in [-0.1, -0.05) is 30.3 Å². The highest BCUT2D eigenvalue weighted by Gasteiger charge is 2.10. The Morgan fingerprint density at radius 3 is 2.35 bits per heavy atom. The lowest BCUT2D eigenvalue weighted by Crippen LogP contribution is -2.34. The van der Waals surface area contributed by atoms with Crippen LogP contribution in [0.5, 0.6) is 0 Å². The zero-order valence-electron chi connectivity index (χ0n) is 17.5. The van der Waals surface area contributed by atoms with Crippen LogP contribution in [0.4, 0.5) is 5.69 Å². The third-order valence-electron chi connectivity index (χ3n) is 4.27. The van der Waals surface area contributed by atoms with E-state index in [0.29, 0.717) is 24.4 Å². The van der Waals surface area contributed by atoms with Crippen molar-refractivity contribution in [1.29, 1.82) is 0 Å². The van der Waals surface area contributed by atoms with Crippen molar-refractivity contribution in [2.75, 3.05) is 18.5 Å². The van der Waals surface area contributed by atoms with Crippen LogP contribution in [-0.2, 0) is 20.7 Å². The van der Waals surface area contributed by atoms with Crippen LogP contribution in [0.3, 0.4) is 0 Å². The number of benzene rings is 2. The molecule has 31 heavy (non-hydrogen) atoms. The van der Waals surface area contributed by atoms with E-state index in [0.717, 1.165) is 12.8 Å². The summed E-state index contributed by atoms with van der Waals surface area (Å²) in [6, 6.07) is 16.7. The molecule has 0 atom stereocenters. The Morgan fingerprint density at radius 1 is 0.968 bits per heavy atom. The van der Waals surface area contributed by atoms with Crippen LogP contribution >= 0.6 is 12.2 Å². The number of carbonyl (C=O) groups excluding carboxylic acids is 3. The number of hydrogen-bond acceptors (Lipinski definition) is 5. The molecule has 0 heterocycles. The van der Waals surface area contributed by atoms with E-state index in [1.807, 2.05) is 37.3 Å². The zero-order chi connectivity index (χ0) is 22.5. The molecule has 0 aliphatic carbocycles. The van der Waals surface area contributed by atoms with Crippen molar-refractivity contribution in [2.45, 2.75) is 32.6 Å². The van der Waals surface area contributed by atoms with E-state index >= 15 is 0 Å². The van der Waals surface area contributed by atoms with Crippen LogP contribution in [0.25, 0.3) is 0 Å². The number of thiocarbonyl (C=S) groups is 1. The van der Waals surface area contributed by atoms with Crippen molar-refractivity contribution < 1.29 is 19.1 Å². The topological polar surface area (TPSA) is 96.5 Å². The van der Waals surface area contributed by atoms with Crippen LogP contribution in [0, 0.1) is 0 Å². The van der Waals surface area contributed by atoms with E-state index in [2.05, 4.69) is 16.0 Å². The number of ether oxygens (including phenoxy) is 1. The molecule has 0 aromatic heterocycles. The molecule has 0 spiro atoms. The minimum Gasteiger partial charge on any atom is -0.466 e. The highest BCUT2D eigenvalue weighted by Crippen LogP contribution is 2.09. The molecule has 164 valence electrons. The Bertz CT molecular complexity index is 885. The van der Waals surface area contributed by atoms with Gasteiger partial charge in [-0.15, -0.1) is 0 Å². The summed E-state index contributed by atoms with van der Waals surface area (Å²) in [5, 5.41) is 8.22. The molecule has 0 aliphatic rings. The second-order valence-electron chi connectivity index (χ2n) is 6.75. The molecular weight excluding hydrogens is 414 g/mol. The number of rotatable bonds is 10. The molecule has 0 saturated heterocycles. The molecule has 2 aromatic rings. The Labute approximate surface area is 187 Å². The summed E-state index contributed by atoms with van der Waals surface area (Å²) in [6.07, 6.45) is 1.53. The van der Waals surface area contributed by atoms with Gasteiger partial charge in [-0.3, -0.25) is 14.4 Å². The van der Waals surface area contributed by atoms with Gasteiger partial charge in [-0.25, -0.2) is 0 Å². The highest BCUT2D eigenvalue weighted by atomic mass is 32.1. The van der Waals surface area contributed by atoms with Gasteiger partial charge >= 0.3 is 5.97 Å². The normalized spacial score (nSPS) is 10.1. The van der Waals surface area contributed by atoms with Gasteiger partial charge < -0.3 is 20.7 Å². The summed E-state index contributed by atoms with van der Waals surface area (Å²) < 4.78 is 5.16. The van der Waals surface area contributed by atoms with Gasteiger partial charge in [0.15, 0.2) is 5.11 Å². The van der Waals surface area contributed by atoms with Crippen molar-refractivity contribution in [2.24, 2.45) is 0 Å². The molecule has 0 saturated carbocycles. The SMILES string of the molecule is CCNC(=O)c1ccc(NC(=S)NC(=O)CCC(=O)OCCCc2ccccc2)cc1. The Morgan fingerprint density at radius 2 is 1.68 bits per heavy atom. The summed E-state index contributed by atoms with van der Waals surface area (Å²) in [6.45, 7) is 2.72. The first kappa shape index (κ1) is 24.0. The van der Waals surface area contributed by atoms with Crippen molar-refractivity contribution >= 4 is 40.8 Å². The minimum absolute atomic E-state index is 0.0129. The maximum Gasteiger partial charge on any atom is 0.306 e. The number of carbonyl (C=O) groups is 3. The van der Waals surface area contributed by atoms with Gasteiger partial charge in [0, 0.05) is 24.2 Å². The van der Waals surface area contributed by atoms with Gasteiger partial charge in [0.05, 0.1) is 13.0 Å². The van der Waals surface area contributed by atoms with Crippen LogP contribution in [0.1, 0.15) is 42.1 Å². The average Bonchev–Trinajstić information content (AvgIpc) is 2.76. The lowest BCUT2D eigenvalue weighted by atomic mass is 10.1. The third kappa shape index (κ3) is 9.39. The van der Waals surface area contributed by atoms with E-state index in [-0.39, 0.29) is 29.8 Å². The van der Waals surface area contributed by atoms with E-state index in [1.165, 1.54) is 5.56 Å². The van der Waals surface area contributed by atoms with Crippen molar-refractivity contribution in [3.8, 4) is 0 Å². The van der Waals surface area contributed by atoms with Gasteiger partial charge in [0.25, 0.3) is 5.91 Å². The number of hydrogen-bond donors (Lipinski definition) is 3. The molecule has 0 radical (unpaired) electrons. The molecule has 2 amide bonds. The zero-order valence-corrected chi connectivity index (χ0v) is 18.3. The maximum atomic E-state index is 12.0. The first-order valence-electron chi connectivity index (χ1n) is 10.2. The summed E-state index contributed by atoms with van der Waals surface area (Å²) in [5.41, 5.74) is 2.36. The molecule has 0 fully saturated rings. The minimum atomic E-state index is -0.414. The number of aryl methyl sites for hydroxylation is 1.